The van der Waals surface area contributed by atoms with Crippen LogP contribution in [0.15, 0.2) is 28.9 Å². The molecule has 0 amide bonds. The summed E-state index contributed by atoms with van der Waals surface area (Å²) in [6.07, 6.45) is 1.48. The third-order valence-corrected chi connectivity index (χ3v) is 2.38. The summed E-state index contributed by atoms with van der Waals surface area (Å²) >= 11 is 3.06. The van der Waals surface area contributed by atoms with Gasteiger partial charge in [-0.2, -0.15) is 9.37 Å². The highest BCUT2D eigenvalue weighted by Gasteiger charge is 2.12. The van der Waals surface area contributed by atoms with Gasteiger partial charge >= 0.3 is 0 Å². The summed E-state index contributed by atoms with van der Waals surface area (Å²) in [4.78, 5) is 7.80. The molecule has 17 heavy (non-hydrogen) atoms. The van der Waals surface area contributed by atoms with Crippen LogP contribution in [0.3, 0.4) is 0 Å². The lowest BCUT2D eigenvalue weighted by Crippen LogP contribution is -1.95. The minimum absolute atomic E-state index is 0.161. The van der Waals surface area contributed by atoms with Crippen LogP contribution in [0.5, 0.6) is 11.6 Å². The molecule has 2 aromatic rings. The summed E-state index contributed by atoms with van der Waals surface area (Å²) in [6.45, 7) is 1.67. The van der Waals surface area contributed by atoms with Gasteiger partial charge in [0.1, 0.15) is 5.82 Å². The molecule has 6 heteroatoms. The molecule has 0 N–H and O–H groups in total. The minimum atomic E-state index is -1.05. The molecule has 0 saturated heterocycles. The van der Waals surface area contributed by atoms with Gasteiger partial charge < -0.3 is 4.74 Å². The van der Waals surface area contributed by atoms with E-state index >= 15 is 0 Å². The van der Waals surface area contributed by atoms with E-state index in [1.165, 1.54) is 18.3 Å². The van der Waals surface area contributed by atoms with Crippen LogP contribution < -0.4 is 4.74 Å². The zero-order chi connectivity index (χ0) is 12.4. The normalized spacial score (nSPS) is 10.4. The van der Waals surface area contributed by atoms with E-state index in [-0.39, 0.29) is 11.6 Å². The Balaban J connectivity index is 2.36. The van der Waals surface area contributed by atoms with Crippen molar-refractivity contribution in [2.24, 2.45) is 0 Å². The number of aromatic nitrogens is 2. The Hall–Kier alpha value is -1.56. The average Bonchev–Trinajstić information content (AvgIpc) is 2.25. The molecule has 3 nitrogen and oxygen atoms in total. The van der Waals surface area contributed by atoms with E-state index in [0.29, 0.717) is 10.3 Å². The molecule has 0 saturated carbocycles. The van der Waals surface area contributed by atoms with Crippen molar-refractivity contribution >= 4 is 15.9 Å². The first-order valence-electron chi connectivity index (χ1n) is 4.68. The zero-order valence-electron chi connectivity index (χ0n) is 8.75. The highest BCUT2D eigenvalue weighted by molar-refractivity contribution is 9.10. The fourth-order valence-corrected chi connectivity index (χ4v) is 1.62. The summed E-state index contributed by atoms with van der Waals surface area (Å²) in [5.41, 5.74) is 0. The summed E-state index contributed by atoms with van der Waals surface area (Å²) in [5.74, 6) is -1.62. The second-order valence-corrected chi connectivity index (χ2v) is 4.16. The summed E-state index contributed by atoms with van der Waals surface area (Å²) in [6, 6.07) is 3.81. The maximum Gasteiger partial charge on any atom is 0.222 e. The molecule has 0 aliphatic rings. The van der Waals surface area contributed by atoms with Crippen molar-refractivity contribution in [2.75, 3.05) is 0 Å². The van der Waals surface area contributed by atoms with Crippen molar-refractivity contribution in [3.05, 3.63) is 46.3 Å². The van der Waals surface area contributed by atoms with Crippen molar-refractivity contribution in [1.29, 1.82) is 0 Å². The summed E-state index contributed by atoms with van der Waals surface area (Å²) in [7, 11) is 0. The van der Waals surface area contributed by atoms with Crippen LogP contribution in [-0.4, -0.2) is 9.97 Å². The van der Waals surface area contributed by atoms with Gasteiger partial charge in [0.15, 0.2) is 11.6 Å². The van der Waals surface area contributed by atoms with Crippen molar-refractivity contribution < 1.29 is 13.5 Å². The van der Waals surface area contributed by atoms with Gasteiger partial charge in [-0.1, -0.05) is 15.9 Å². The third kappa shape index (κ3) is 2.76. The van der Waals surface area contributed by atoms with Crippen molar-refractivity contribution in [1.82, 2.24) is 9.97 Å². The predicted octanol–water partition coefficient (Wildman–Crippen LogP) is 3.62. The summed E-state index contributed by atoms with van der Waals surface area (Å²) in [5, 5.41) is 0. The second-order valence-electron chi connectivity index (χ2n) is 3.24. The van der Waals surface area contributed by atoms with Crippen molar-refractivity contribution in [3.63, 3.8) is 0 Å². The Bertz CT molecular complexity index is 563. The molecule has 0 atom stereocenters. The molecular formula is C11H7BrF2N2O. The lowest BCUT2D eigenvalue weighted by molar-refractivity contribution is 0.403. The number of aryl methyl sites for hydroxylation is 1. The standard InChI is InChI=1S/C11H7BrF2N2O/c1-6-15-3-2-10(16-6)17-9-5-7(12)4-8(13)11(9)14/h2-5H,1H3. The van der Waals surface area contributed by atoms with Gasteiger partial charge in [0.2, 0.25) is 11.7 Å². The van der Waals surface area contributed by atoms with Crippen LogP contribution >= 0.6 is 15.9 Å². The first-order chi connectivity index (χ1) is 8.06. The Labute approximate surface area is 105 Å². The van der Waals surface area contributed by atoms with Gasteiger partial charge in [-0.25, -0.2) is 9.37 Å². The molecule has 0 fully saturated rings. The topological polar surface area (TPSA) is 35.0 Å². The zero-order valence-corrected chi connectivity index (χ0v) is 10.3. The summed E-state index contributed by atoms with van der Waals surface area (Å²) < 4.78 is 32.0. The van der Waals surface area contributed by atoms with E-state index in [4.69, 9.17) is 4.74 Å². The van der Waals surface area contributed by atoms with E-state index in [1.807, 2.05) is 0 Å². The van der Waals surface area contributed by atoms with Gasteiger partial charge in [-0.3, -0.25) is 0 Å². The minimum Gasteiger partial charge on any atom is -0.436 e. The van der Waals surface area contributed by atoms with Gasteiger partial charge in [0.25, 0.3) is 0 Å². The quantitative estimate of drug-likeness (QED) is 0.795. The highest BCUT2D eigenvalue weighted by atomic mass is 79.9. The maximum absolute atomic E-state index is 13.4. The monoisotopic (exact) mass is 300 g/mol. The van der Waals surface area contributed by atoms with Crippen LogP contribution in [0.2, 0.25) is 0 Å². The van der Waals surface area contributed by atoms with Crippen LogP contribution in [0.25, 0.3) is 0 Å². The maximum atomic E-state index is 13.4. The first kappa shape index (κ1) is 11.9. The van der Waals surface area contributed by atoms with Gasteiger partial charge in [-0.15, -0.1) is 0 Å². The molecule has 0 aliphatic heterocycles. The fraction of sp³-hybridized carbons (Fsp3) is 0.0909. The predicted molar refractivity (Wildman–Crippen MR) is 60.9 cm³/mol. The smallest absolute Gasteiger partial charge is 0.222 e. The molecule has 0 bridgehead atoms. The van der Waals surface area contributed by atoms with E-state index in [1.54, 1.807) is 6.92 Å². The Morgan fingerprint density at radius 1 is 1.29 bits per heavy atom. The van der Waals surface area contributed by atoms with Gasteiger partial charge in [0.05, 0.1) is 0 Å². The second kappa shape index (κ2) is 4.75. The lowest BCUT2D eigenvalue weighted by Gasteiger charge is -2.07. The van der Waals surface area contributed by atoms with Crippen LogP contribution in [0.4, 0.5) is 8.78 Å². The Kier molecular flexibility index (Phi) is 3.33. The molecule has 0 unspecified atom stereocenters. The molecule has 1 heterocycles. The molecule has 1 aromatic heterocycles. The first-order valence-corrected chi connectivity index (χ1v) is 5.47. The van der Waals surface area contributed by atoms with Crippen LogP contribution in [0.1, 0.15) is 5.82 Å². The van der Waals surface area contributed by atoms with E-state index < -0.39 is 11.6 Å². The number of hydrogen-bond donors (Lipinski definition) is 0. The molecule has 1 aromatic carbocycles. The van der Waals surface area contributed by atoms with Gasteiger partial charge in [-0.05, 0) is 19.1 Å². The lowest BCUT2D eigenvalue weighted by atomic mass is 10.3. The Morgan fingerprint density at radius 3 is 2.76 bits per heavy atom. The average molecular weight is 301 g/mol. The number of rotatable bonds is 2. The molecule has 88 valence electrons. The largest absolute Gasteiger partial charge is 0.436 e. The molecule has 0 radical (unpaired) electrons. The van der Waals surface area contributed by atoms with Crippen molar-refractivity contribution in [3.8, 4) is 11.6 Å². The van der Waals surface area contributed by atoms with E-state index in [0.717, 1.165) is 6.07 Å². The van der Waals surface area contributed by atoms with Crippen LogP contribution in [-0.2, 0) is 0 Å². The molecular weight excluding hydrogens is 294 g/mol. The molecule has 0 aliphatic carbocycles. The number of hydrogen-bond acceptors (Lipinski definition) is 3. The number of nitrogens with zero attached hydrogens (tertiary/aromatic N) is 2. The Morgan fingerprint density at radius 2 is 2.06 bits per heavy atom. The molecule has 2 rings (SSSR count). The number of benzene rings is 1. The molecule has 0 spiro atoms. The fourth-order valence-electron chi connectivity index (χ4n) is 1.21. The third-order valence-electron chi connectivity index (χ3n) is 1.92. The SMILES string of the molecule is Cc1nccc(Oc2cc(Br)cc(F)c2F)n1. The van der Waals surface area contributed by atoms with Crippen LogP contribution in [0, 0.1) is 18.6 Å². The number of halogens is 3. The van der Waals surface area contributed by atoms with Gasteiger partial charge in [0, 0.05) is 16.7 Å². The van der Waals surface area contributed by atoms with Crippen molar-refractivity contribution in [2.45, 2.75) is 6.92 Å². The van der Waals surface area contributed by atoms with E-state index in [9.17, 15) is 8.78 Å². The highest BCUT2D eigenvalue weighted by Crippen LogP contribution is 2.28. The van der Waals surface area contributed by atoms with E-state index in [2.05, 4.69) is 25.9 Å². The number of ether oxygens (including phenoxy) is 1.